The smallest absolute Gasteiger partial charge is 0.114 e. The van der Waals surface area contributed by atoms with E-state index in [-0.39, 0.29) is 0 Å². The minimum Gasteiger partial charge on any atom is -0.114 e. The van der Waals surface area contributed by atoms with Crippen molar-refractivity contribution in [2.24, 2.45) is 0 Å². The van der Waals surface area contributed by atoms with Gasteiger partial charge in [0.05, 0.1) is 0 Å². The van der Waals surface area contributed by atoms with Crippen LogP contribution in [0.15, 0.2) is 60.7 Å². The van der Waals surface area contributed by atoms with E-state index in [1.54, 1.807) is 0 Å². The minimum absolute atomic E-state index is 0.921. The summed E-state index contributed by atoms with van der Waals surface area (Å²) in [4.78, 5) is 0. The van der Waals surface area contributed by atoms with Gasteiger partial charge in [0.1, 0.15) is 0 Å². The van der Waals surface area contributed by atoms with Crippen LogP contribution in [0.5, 0.6) is 0 Å². The van der Waals surface area contributed by atoms with Crippen LogP contribution >= 0.6 is 7.71 Å². The lowest BCUT2D eigenvalue weighted by Crippen LogP contribution is -2.04. The summed E-state index contributed by atoms with van der Waals surface area (Å²) >= 11 is 0. The third-order valence-electron chi connectivity index (χ3n) is 2.03. The molecule has 0 bridgehead atoms. The molecule has 2 rings (SSSR count). The SMILES string of the molecule is N=[P+](c1ccccc1)c1ccccc1. The summed E-state index contributed by atoms with van der Waals surface area (Å²) in [6, 6.07) is 20.0. The van der Waals surface area contributed by atoms with Crippen LogP contribution in [-0.4, -0.2) is 0 Å². The molecule has 1 N–H and O–H groups in total. The number of nitrogens with one attached hydrogen (secondary N) is 1. The standard InChI is InChI=1S/C12H11NP/c13-14(11-7-3-1-4-8-11)12-9-5-2-6-10-12/h1-10,13H/q+1. The Morgan fingerprint density at radius 3 is 1.36 bits per heavy atom. The second-order valence-corrected chi connectivity index (χ2v) is 4.71. The molecule has 2 heteroatoms. The van der Waals surface area contributed by atoms with Crippen molar-refractivity contribution in [1.29, 1.82) is 5.16 Å². The normalized spacial score (nSPS) is 9.71. The topological polar surface area (TPSA) is 23.9 Å². The Labute approximate surface area is 84.7 Å². The van der Waals surface area contributed by atoms with E-state index in [4.69, 9.17) is 5.16 Å². The fourth-order valence-electron chi connectivity index (χ4n) is 1.30. The third kappa shape index (κ3) is 1.89. The molecule has 0 spiro atoms. The van der Waals surface area contributed by atoms with Gasteiger partial charge >= 0.3 is 0 Å². The molecule has 0 radical (unpaired) electrons. The van der Waals surface area contributed by atoms with Gasteiger partial charge in [-0.05, 0) is 24.3 Å². The van der Waals surface area contributed by atoms with Crippen molar-refractivity contribution in [2.75, 3.05) is 0 Å². The zero-order valence-electron chi connectivity index (χ0n) is 7.72. The van der Waals surface area contributed by atoms with E-state index < -0.39 is 7.71 Å². The maximum absolute atomic E-state index is 8.12. The number of benzene rings is 2. The first-order valence-electron chi connectivity index (χ1n) is 4.49. The fourth-order valence-corrected chi connectivity index (χ4v) is 2.54. The molecular weight excluding hydrogens is 189 g/mol. The first kappa shape index (κ1) is 9.11. The van der Waals surface area contributed by atoms with Crippen LogP contribution in [0.4, 0.5) is 0 Å². The molecule has 1 nitrogen and oxygen atoms in total. The van der Waals surface area contributed by atoms with Crippen LogP contribution < -0.4 is 10.6 Å². The monoisotopic (exact) mass is 200 g/mol. The van der Waals surface area contributed by atoms with E-state index in [1.807, 2.05) is 60.7 Å². The maximum Gasteiger partial charge on any atom is 0.273 e. The first-order valence-corrected chi connectivity index (χ1v) is 5.83. The van der Waals surface area contributed by atoms with Crippen LogP contribution in [0.1, 0.15) is 0 Å². The van der Waals surface area contributed by atoms with Crippen molar-refractivity contribution in [3.63, 3.8) is 0 Å². The van der Waals surface area contributed by atoms with Gasteiger partial charge in [0.2, 0.25) is 0 Å². The number of rotatable bonds is 2. The number of hydrogen-bond acceptors (Lipinski definition) is 1. The van der Waals surface area contributed by atoms with E-state index in [9.17, 15) is 0 Å². The Kier molecular flexibility index (Phi) is 2.71. The highest BCUT2D eigenvalue weighted by atomic mass is 31.1. The molecule has 0 aliphatic heterocycles. The van der Waals surface area contributed by atoms with E-state index in [0.717, 1.165) is 10.6 Å². The summed E-state index contributed by atoms with van der Waals surface area (Å²) in [6.07, 6.45) is 0. The molecule has 0 fully saturated rings. The van der Waals surface area contributed by atoms with Crippen LogP contribution in [0.25, 0.3) is 0 Å². The second-order valence-electron chi connectivity index (χ2n) is 3.01. The minimum atomic E-state index is -0.921. The lowest BCUT2D eigenvalue weighted by molar-refractivity contribution is 1.62. The van der Waals surface area contributed by atoms with Crippen LogP contribution in [0, 0.1) is 5.16 Å². The molecule has 2 aromatic carbocycles. The lowest BCUT2D eigenvalue weighted by atomic mass is 10.4. The zero-order valence-corrected chi connectivity index (χ0v) is 8.62. The Hall–Kier alpha value is -1.46. The predicted octanol–water partition coefficient (Wildman–Crippen LogP) is 2.88. The van der Waals surface area contributed by atoms with E-state index in [2.05, 4.69) is 0 Å². The van der Waals surface area contributed by atoms with Crippen LogP contribution in [0.2, 0.25) is 0 Å². The average Bonchev–Trinajstić information content (AvgIpc) is 2.30. The molecule has 0 atom stereocenters. The largest absolute Gasteiger partial charge is 0.273 e. The molecular formula is C12H11NP+. The van der Waals surface area contributed by atoms with Crippen molar-refractivity contribution < 1.29 is 0 Å². The molecule has 0 aliphatic rings. The lowest BCUT2D eigenvalue weighted by Gasteiger charge is -1.90. The van der Waals surface area contributed by atoms with Gasteiger partial charge in [0.25, 0.3) is 7.71 Å². The van der Waals surface area contributed by atoms with Gasteiger partial charge in [-0.3, -0.25) is 0 Å². The maximum atomic E-state index is 8.12. The molecule has 0 saturated heterocycles. The van der Waals surface area contributed by atoms with E-state index in [0.29, 0.717) is 0 Å². The highest BCUT2D eigenvalue weighted by Gasteiger charge is 2.16. The third-order valence-corrected chi connectivity index (χ3v) is 3.66. The van der Waals surface area contributed by atoms with Crippen molar-refractivity contribution in [3.8, 4) is 0 Å². The summed E-state index contributed by atoms with van der Waals surface area (Å²) in [5, 5.41) is 10.3. The van der Waals surface area contributed by atoms with Gasteiger partial charge in [0, 0.05) is 0 Å². The Morgan fingerprint density at radius 2 is 1.00 bits per heavy atom. The second kappa shape index (κ2) is 4.17. The number of hydrogen-bond donors (Lipinski definition) is 1. The van der Waals surface area contributed by atoms with Crippen molar-refractivity contribution >= 4 is 18.3 Å². The van der Waals surface area contributed by atoms with E-state index >= 15 is 0 Å². The molecule has 2 aromatic rings. The zero-order chi connectivity index (χ0) is 9.80. The molecule has 14 heavy (non-hydrogen) atoms. The quantitative estimate of drug-likeness (QED) is 0.721. The van der Waals surface area contributed by atoms with Crippen molar-refractivity contribution in [2.45, 2.75) is 0 Å². The van der Waals surface area contributed by atoms with Crippen LogP contribution in [0.3, 0.4) is 0 Å². The molecule has 0 aromatic heterocycles. The molecule has 0 saturated carbocycles. The van der Waals surface area contributed by atoms with Gasteiger partial charge in [0.15, 0.2) is 10.6 Å². The van der Waals surface area contributed by atoms with Gasteiger partial charge in [-0.1, -0.05) is 36.4 Å². The Balaban J connectivity index is 2.35. The van der Waals surface area contributed by atoms with Gasteiger partial charge < -0.3 is 0 Å². The summed E-state index contributed by atoms with van der Waals surface area (Å²) in [5.41, 5.74) is 0. The van der Waals surface area contributed by atoms with Gasteiger partial charge in [-0.15, -0.1) is 5.16 Å². The average molecular weight is 200 g/mol. The summed E-state index contributed by atoms with van der Waals surface area (Å²) in [6.45, 7) is 0. The predicted molar refractivity (Wildman–Crippen MR) is 61.8 cm³/mol. The van der Waals surface area contributed by atoms with E-state index in [1.165, 1.54) is 0 Å². The van der Waals surface area contributed by atoms with Crippen LogP contribution in [-0.2, 0) is 0 Å². The summed E-state index contributed by atoms with van der Waals surface area (Å²) in [5.74, 6) is 0. The Morgan fingerprint density at radius 1 is 0.643 bits per heavy atom. The molecule has 0 heterocycles. The fraction of sp³-hybridized carbons (Fsp3) is 0. The molecule has 0 amide bonds. The summed E-state index contributed by atoms with van der Waals surface area (Å²) in [7, 11) is -0.921. The molecule has 0 unspecified atom stereocenters. The van der Waals surface area contributed by atoms with Gasteiger partial charge in [-0.25, -0.2) is 0 Å². The first-order chi connectivity index (χ1) is 6.88. The van der Waals surface area contributed by atoms with Crippen molar-refractivity contribution in [1.82, 2.24) is 0 Å². The Bertz CT molecular complexity index is 381. The summed E-state index contributed by atoms with van der Waals surface area (Å²) < 4.78 is 0. The molecule has 0 aliphatic carbocycles. The molecule has 68 valence electrons. The highest BCUT2D eigenvalue weighted by molar-refractivity contribution is 7.62. The van der Waals surface area contributed by atoms with Gasteiger partial charge in [-0.2, -0.15) is 0 Å². The van der Waals surface area contributed by atoms with Crippen molar-refractivity contribution in [3.05, 3.63) is 60.7 Å². The highest BCUT2D eigenvalue weighted by Crippen LogP contribution is 2.19.